The van der Waals surface area contributed by atoms with E-state index in [-0.39, 0.29) is 16.1 Å². The summed E-state index contributed by atoms with van der Waals surface area (Å²) in [5.41, 5.74) is -0.199. The van der Waals surface area contributed by atoms with Gasteiger partial charge in [-0.25, -0.2) is 26.3 Å². The van der Waals surface area contributed by atoms with Gasteiger partial charge in [-0.2, -0.15) is 0 Å². The zero-order valence-corrected chi connectivity index (χ0v) is 15.2. The molecule has 0 saturated heterocycles. The number of ether oxygens (including phenoxy) is 1. The maximum Gasteiger partial charge on any atom is 0.338 e. The van der Waals surface area contributed by atoms with Crippen molar-refractivity contribution < 1.29 is 31.5 Å². The van der Waals surface area contributed by atoms with Crippen molar-refractivity contribution in [2.45, 2.75) is 4.90 Å². The van der Waals surface area contributed by atoms with E-state index < -0.39 is 40.1 Å². The van der Waals surface area contributed by atoms with Crippen LogP contribution in [0.3, 0.4) is 0 Å². The molecule has 0 saturated carbocycles. The first-order valence-electron chi connectivity index (χ1n) is 7.55. The van der Waals surface area contributed by atoms with Gasteiger partial charge in [-0.15, -0.1) is 0 Å². The Morgan fingerprint density at radius 3 is 2.30 bits per heavy atom. The monoisotopic (exact) mass is 398 g/mol. The molecule has 0 heterocycles. The lowest BCUT2D eigenvalue weighted by atomic mass is 10.2. The summed E-state index contributed by atoms with van der Waals surface area (Å²) in [6.07, 6.45) is 0. The van der Waals surface area contributed by atoms with Gasteiger partial charge in [-0.05, 0) is 30.3 Å². The van der Waals surface area contributed by atoms with Gasteiger partial charge < -0.3 is 10.1 Å². The number of hydrogen-bond donors (Lipinski definition) is 1. The summed E-state index contributed by atoms with van der Waals surface area (Å²) < 4.78 is 56.0. The Hall–Kier alpha value is -2.85. The number of carbonyl (C=O) groups excluding carboxylic acids is 2. The van der Waals surface area contributed by atoms with Crippen molar-refractivity contribution >= 4 is 27.6 Å². The topological polar surface area (TPSA) is 92.8 Å². The summed E-state index contributed by atoms with van der Waals surface area (Å²) in [7, 11) is -0.939. The van der Waals surface area contributed by atoms with E-state index in [9.17, 15) is 26.8 Å². The SMILES string of the molecule is CN(C)S(=O)(=O)c1cccc(NC(=O)COC(=O)c2cc(F)cc(F)c2)c1. The van der Waals surface area contributed by atoms with Gasteiger partial charge in [-0.1, -0.05) is 6.07 Å². The van der Waals surface area contributed by atoms with Crippen molar-refractivity contribution in [1.29, 1.82) is 0 Å². The Morgan fingerprint density at radius 2 is 1.70 bits per heavy atom. The maximum absolute atomic E-state index is 13.1. The number of sulfonamides is 1. The summed E-state index contributed by atoms with van der Waals surface area (Å²) in [6, 6.07) is 7.65. The molecule has 1 amide bonds. The number of nitrogens with zero attached hydrogens (tertiary/aromatic N) is 1. The van der Waals surface area contributed by atoms with Gasteiger partial charge in [0.25, 0.3) is 5.91 Å². The third-order valence-electron chi connectivity index (χ3n) is 3.33. The second-order valence-electron chi connectivity index (χ2n) is 5.60. The number of amides is 1. The largest absolute Gasteiger partial charge is 0.452 e. The molecule has 27 heavy (non-hydrogen) atoms. The van der Waals surface area contributed by atoms with E-state index in [1.807, 2.05) is 0 Å². The minimum Gasteiger partial charge on any atom is -0.452 e. The third-order valence-corrected chi connectivity index (χ3v) is 5.14. The quantitative estimate of drug-likeness (QED) is 0.752. The number of benzene rings is 2. The van der Waals surface area contributed by atoms with Crippen LogP contribution in [-0.4, -0.2) is 45.3 Å². The molecule has 10 heteroatoms. The molecule has 0 aliphatic rings. The molecule has 2 aromatic carbocycles. The number of hydrogen-bond acceptors (Lipinski definition) is 5. The van der Waals surface area contributed by atoms with Crippen molar-refractivity contribution in [2.75, 3.05) is 26.0 Å². The smallest absolute Gasteiger partial charge is 0.338 e. The lowest BCUT2D eigenvalue weighted by Crippen LogP contribution is -2.23. The molecule has 144 valence electrons. The Labute approximate surface area is 154 Å². The van der Waals surface area contributed by atoms with Crippen molar-refractivity contribution in [3.63, 3.8) is 0 Å². The first-order chi connectivity index (χ1) is 12.6. The summed E-state index contributed by atoms with van der Waals surface area (Å²) >= 11 is 0. The highest BCUT2D eigenvalue weighted by atomic mass is 32.2. The van der Waals surface area contributed by atoms with Gasteiger partial charge in [0, 0.05) is 25.8 Å². The van der Waals surface area contributed by atoms with Crippen molar-refractivity contribution in [3.05, 3.63) is 59.7 Å². The van der Waals surface area contributed by atoms with Gasteiger partial charge in [0.05, 0.1) is 10.5 Å². The average Bonchev–Trinajstić information content (AvgIpc) is 2.59. The van der Waals surface area contributed by atoms with Gasteiger partial charge in [-0.3, -0.25) is 4.79 Å². The molecule has 0 radical (unpaired) electrons. The zero-order valence-electron chi connectivity index (χ0n) is 14.4. The van der Waals surface area contributed by atoms with Crippen LogP contribution in [0.2, 0.25) is 0 Å². The molecular weight excluding hydrogens is 382 g/mol. The van der Waals surface area contributed by atoms with E-state index in [4.69, 9.17) is 4.74 Å². The number of esters is 1. The number of halogens is 2. The number of rotatable bonds is 6. The van der Waals surface area contributed by atoms with E-state index in [0.717, 1.165) is 16.4 Å². The first kappa shape index (κ1) is 20.5. The van der Waals surface area contributed by atoms with Crippen LogP contribution in [0.5, 0.6) is 0 Å². The second kappa shape index (κ2) is 8.23. The minimum absolute atomic E-state index is 0.0301. The molecule has 0 aliphatic carbocycles. The van der Waals surface area contributed by atoms with Crippen molar-refractivity contribution in [1.82, 2.24) is 4.31 Å². The molecule has 7 nitrogen and oxygen atoms in total. The van der Waals surface area contributed by atoms with Gasteiger partial charge >= 0.3 is 5.97 Å². The molecule has 0 spiro atoms. The van der Waals surface area contributed by atoms with E-state index in [0.29, 0.717) is 6.07 Å². The third kappa shape index (κ3) is 5.31. The Kier molecular flexibility index (Phi) is 6.24. The fraction of sp³-hybridized carbons (Fsp3) is 0.176. The van der Waals surface area contributed by atoms with Gasteiger partial charge in [0.15, 0.2) is 6.61 Å². The predicted molar refractivity (Wildman–Crippen MR) is 92.6 cm³/mol. The van der Waals surface area contributed by atoms with Crippen LogP contribution < -0.4 is 5.32 Å². The molecule has 2 aromatic rings. The van der Waals surface area contributed by atoms with Crippen LogP contribution in [-0.2, 0) is 19.6 Å². The molecule has 0 atom stereocenters. The number of anilines is 1. The van der Waals surface area contributed by atoms with Crippen LogP contribution in [0.25, 0.3) is 0 Å². The highest BCUT2D eigenvalue weighted by Crippen LogP contribution is 2.18. The van der Waals surface area contributed by atoms with E-state index in [1.54, 1.807) is 0 Å². The molecular formula is C17H16F2N2O5S. The molecule has 0 bridgehead atoms. The van der Waals surface area contributed by atoms with Crippen LogP contribution in [0.1, 0.15) is 10.4 Å². The minimum atomic E-state index is -3.68. The van der Waals surface area contributed by atoms with Gasteiger partial charge in [0.2, 0.25) is 10.0 Å². The van der Waals surface area contributed by atoms with Crippen LogP contribution in [0.15, 0.2) is 47.4 Å². The molecule has 0 fully saturated rings. The fourth-order valence-corrected chi connectivity index (χ4v) is 2.98. The Balaban J connectivity index is 2.01. The van der Waals surface area contributed by atoms with E-state index in [2.05, 4.69) is 5.32 Å². The standard InChI is InChI=1S/C17H16F2N2O5S/c1-21(2)27(24,25)15-5-3-4-14(9-15)20-16(22)10-26-17(23)11-6-12(18)8-13(19)7-11/h3-9H,10H2,1-2H3,(H,20,22). The molecule has 0 aromatic heterocycles. The molecule has 1 N–H and O–H groups in total. The van der Waals surface area contributed by atoms with E-state index in [1.165, 1.54) is 38.4 Å². The summed E-state index contributed by atoms with van der Waals surface area (Å²) in [6.45, 7) is -0.721. The van der Waals surface area contributed by atoms with Gasteiger partial charge in [0.1, 0.15) is 11.6 Å². The summed E-state index contributed by atoms with van der Waals surface area (Å²) in [4.78, 5) is 23.6. The normalized spacial score (nSPS) is 11.3. The highest BCUT2D eigenvalue weighted by Gasteiger charge is 2.18. The maximum atomic E-state index is 13.1. The van der Waals surface area contributed by atoms with Crippen LogP contribution >= 0.6 is 0 Å². The second-order valence-corrected chi connectivity index (χ2v) is 7.75. The van der Waals surface area contributed by atoms with E-state index >= 15 is 0 Å². The first-order valence-corrected chi connectivity index (χ1v) is 8.99. The zero-order chi connectivity index (χ0) is 20.2. The average molecular weight is 398 g/mol. The number of carbonyl (C=O) groups is 2. The molecule has 0 aliphatic heterocycles. The lowest BCUT2D eigenvalue weighted by Gasteiger charge is -2.12. The predicted octanol–water partition coefficient (Wildman–Crippen LogP) is 2.01. The summed E-state index contributed by atoms with van der Waals surface area (Å²) in [5, 5.41) is 2.38. The Bertz CT molecular complexity index is 957. The van der Waals surface area contributed by atoms with Crippen LogP contribution in [0, 0.1) is 11.6 Å². The van der Waals surface area contributed by atoms with Crippen molar-refractivity contribution in [3.8, 4) is 0 Å². The van der Waals surface area contributed by atoms with Crippen LogP contribution in [0.4, 0.5) is 14.5 Å². The molecule has 2 rings (SSSR count). The molecule has 0 unspecified atom stereocenters. The summed E-state index contributed by atoms with van der Waals surface area (Å²) in [5.74, 6) is -3.73. The fourth-order valence-electron chi connectivity index (χ4n) is 2.03. The Morgan fingerprint density at radius 1 is 1.07 bits per heavy atom. The lowest BCUT2D eigenvalue weighted by molar-refractivity contribution is -0.119. The number of nitrogens with one attached hydrogen (secondary N) is 1. The highest BCUT2D eigenvalue weighted by molar-refractivity contribution is 7.89. The van der Waals surface area contributed by atoms with Crippen molar-refractivity contribution in [2.24, 2.45) is 0 Å².